The highest BCUT2D eigenvalue weighted by Crippen LogP contribution is 2.38. The number of hydrogen-bond acceptors (Lipinski definition) is 1. The summed E-state index contributed by atoms with van der Waals surface area (Å²) >= 11 is 12.8. The Morgan fingerprint density at radius 2 is 2.23 bits per heavy atom. The molecule has 1 aromatic heterocycles. The molecular formula is C8H8Cl2F2S. The minimum atomic E-state index is -2.75. The summed E-state index contributed by atoms with van der Waals surface area (Å²) in [6.45, 7) is 0.851. The van der Waals surface area contributed by atoms with E-state index in [0.29, 0.717) is 9.90 Å². The molecule has 0 bridgehead atoms. The Labute approximate surface area is 89.5 Å². The van der Waals surface area contributed by atoms with Gasteiger partial charge in [0.2, 0.25) is 5.92 Å². The first-order valence-electron chi connectivity index (χ1n) is 3.65. The smallest absolute Gasteiger partial charge is 0.207 e. The highest BCUT2D eigenvalue weighted by Gasteiger charge is 2.28. The Morgan fingerprint density at radius 1 is 1.62 bits per heavy atom. The van der Waals surface area contributed by atoms with Crippen molar-refractivity contribution in [3.63, 3.8) is 0 Å². The zero-order valence-electron chi connectivity index (χ0n) is 6.86. The Morgan fingerprint density at radius 3 is 2.62 bits per heavy atom. The standard InChI is InChI=1S/C8H8Cl2F2S/c1-8(11,12)4-6(10)7-5(9)2-3-13-7/h2-3,6H,4H2,1H3. The lowest BCUT2D eigenvalue weighted by Crippen LogP contribution is -2.12. The molecule has 1 rings (SSSR count). The third kappa shape index (κ3) is 3.41. The van der Waals surface area contributed by atoms with Crippen LogP contribution in [0.5, 0.6) is 0 Å². The lowest BCUT2D eigenvalue weighted by atomic mass is 10.2. The lowest BCUT2D eigenvalue weighted by Gasteiger charge is -2.13. The van der Waals surface area contributed by atoms with E-state index in [1.165, 1.54) is 11.3 Å². The molecule has 0 radical (unpaired) electrons. The molecule has 1 aromatic rings. The molecule has 5 heteroatoms. The van der Waals surface area contributed by atoms with Crippen LogP contribution in [0, 0.1) is 0 Å². The lowest BCUT2D eigenvalue weighted by molar-refractivity contribution is 0.0122. The molecule has 0 aliphatic carbocycles. The predicted molar refractivity (Wildman–Crippen MR) is 53.2 cm³/mol. The molecule has 0 aliphatic heterocycles. The van der Waals surface area contributed by atoms with E-state index in [-0.39, 0.29) is 6.42 Å². The number of rotatable bonds is 3. The van der Waals surface area contributed by atoms with Gasteiger partial charge in [-0.25, -0.2) is 8.78 Å². The summed E-state index contributed by atoms with van der Waals surface area (Å²) in [6.07, 6.45) is -0.380. The van der Waals surface area contributed by atoms with Gasteiger partial charge >= 0.3 is 0 Å². The van der Waals surface area contributed by atoms with Crippen LogP contribution < -0.4 is 0 Å². The van der Waals surface area contributed by atoms with Crippen LogP contribution in [0.25, 0.3) is 0 Å². The molecule has 0 fully saturated rings. The van der Waals surface area contributed by atoms with E-state index < -0.39 is 11.3 Å². The second-order valence-corrected chi connectivity index (χ2v) is 4.76. The van der Waals surface area contributed by atoms with Crippen molar-refractivity contribution in [3.05, 3.63) is 21.3 Å². The molecule has 0 nitrogen and oxygen atoms in total. The van der Waals surface area contributed by atoms with E-state index in [1.54, 1.807) is 11.4 Å². The van der Waals surface area contributed by atoms with E-state index in [2.05, 4.69) is 0 Å². The molecule has 0 saturated carbocycles. The maximum Gasteiger partial charge on any atom is 0.247 e. The fourth-order valence-electron chi connectivity index (χ4n) is 0.936. The summed E-state index contributed by atoms with van der Waals surface area (Å²) in [5.41, 5.74) is 0. The average molecular weight is 245 g/mol. The molecule has 0 spiro atoms. The second kappa shape index (κ2) is 4.11. The van der Waals surface area contributed by atoms with Crippen molar-refractivity contribution in [2.45, 2.75) is 24.6 Å². The van der Waals surface area contributed by atoms with Gasteiger partial charge < -0.3 is 0 Å². The summed E-state index contributed by atoms with van der Waals surface area (Å²) in [6, 6.07) is 1.66. The van der Waals surface area contributed by atoms with Gasteiger partial charge in [-0.3, -0.25) is 0 Å². The molecule has 0 amide bonds. The summed E-state index contributed by atoms with van der Waals surface area (Å²) in [5.74, 6) is -2.75. The molecule has 0 N–H and O–H groups in total. The van der Waals surface area contributed by atoms with Gasteiger partial charge in [-0.1, -0.05) is 11.6 Å². The highest BCUT2D eigenvalue weighted by atomic mass is 35.5. The van der Waals surface area contributed by atoms with Gasteiger partial charge in [0.05, 0.1) is 10.4 Å². The summed E-state index contributed by atoms with van der Waals surface area (Å²) in [5, 5.41) is 1.50. The van der Waals surface area contributed by atoms with E-state index in [0.717, 1.165) is 6.92 Å². The van der Waals surface area contributed by atoms with Gasteiger partial charge in [-0.05, 0) is 18.4 Å². The van der Waals surface area contributed by atoms with E-state index in [9.17, 15) is 8.78 Å². The average Bonchev–Trinajstić information content (AvgIpc) is 2.30. The highest BCUT2D eigenvalue weighted by molar-refractivity contribution is 7.11. The fraction of sp³-hybridized carbons (Fsp3) is 0.500. The molecule has 0 aliphatic rings. The van der Waals surface area contributed by atoms with Gasteiger partial charge in [0, 0.05) is 11.3 Å². The van der Waals surface area contributed by atoms with Gasteiger partial charge in [0.15, 0.2) is 0 Å². The largest absolute Gasteiger partial charge is 0.247 e. The van der Waals surface area contributed by atoms with Crippen molar-refractivity contribution in [1.82, 2.24) is 0 Å². The maximum absolute atomic E-state index is 12.6. The molecule has 1 atom stereocenters. The minimum Gasteiger partial charge on any atom is -0.207 e. The molecular weight excluding hydrogens is 237 g/mol. The van der Waals surface area contributed by atoms with Crippen LogP contribution in [0.3, 0.4) is 0 Å². The quantitative estimate of drug-likeness (QED) is 0.675. The maximum atomic E-state index is 12.6. The van der Waals surface area contributed by atoms with Crippen LogP contribution >= 0.6 is 34.5 Å². The second-order valence-electron chi connectivity index (χ2n) is 2.87. The van der Waals surface area contributed by atoms with Crippen molar-refractivity contribution in [3.8, 4) is 0 Å². The molecule has 0 aromatic carbocycles. The van der Waals surface area contributed by atoms with Crippen molar-refractivity contribution in [2.24, 2.45) is 0 Å². The van der Waals surface area contributed by atoms with Gasteiger partial charge in [-0.2, -0.15) is 0 Å². The van der Waals surface area contributed by atoms with Crippen LogP contribution in [0.1, 0.15) is 23.6 Å². The number of hydrogen-bond donors (Lipinski definition) is 0. The first-order valence-corrected chi connectivity index (χ1v) is 5.34. The first kappa shape index (κ1) is 11.2. The third-order valence-electron chi connectivity index (χ3n) is 1.47. The Balaban J connectivity index is 2.69. The van der Waals surface area contributed by atoms with Crippen molar-refractivity contribution in [2.75, 3.05) is 0 Å². The van der Waals surface area contributed by atoms with Gasteiger partial charge in [0.25, 0.3) is 0 Å². The summed E-state index contributed by atoms with van der Waals surface area (Å²) in [4.78, 5) is 0.616. The van der Waals surface area contributed by atoms with Crippen LogP contribution in [0.2, 0.25) is 5.02 Å². The SMILES string of the molecule is CC(F)(F)CC(Cl)c1sccc1Cl. The van der Waals surface area contributed by atoms with E-state index in [1.807, 2.05) is 0 Å². The number of thiophene rings is 1. The summed E-state index contributed by atoms with van der Waals surface area (Å²) < 4.78 is 25.1. The molecule has 13 heavy (non-hydrogen) atoms. The minimum absolute atomic E-state index is 0.380. The predicted octanol–water partition coefficient (Wildman–Crippen LogP) is 4.73. The molecule has 74 valence electrons. The van der Waals surface area contributed by atoms with Crippen molar-refractivity contribution in [1.29, 1.82) is 0 Å². The molecule has 1 heterocycles. The van der Waals surface area contributed by atoms with Crippen molar-refractivity contribution >= 4 is 34.5 Å². The monoisotopic (exact) mass is 244 g/mol. The number of halogens is 4. The fourth-order valence-corrected chi connectivity index (χ4v) is 2.70. The van der Waals surface area contributed by atoms with E-state index >= 15 is 0 Å². The molecule has 0 saturated heterocycles. The summed E-state index contributed by atoms with van der Waals surface area (Å²) in [7, 11) is 0. The van der Waals surface area contributed by atoms with Crippen LogP contribution in [0.4, 0.5) is 8.78 Å². The zero-order valence-corrected chi connectivity index (χ0v) is 9.19. The van der Waals surface area contributed by atoms with Crippen molar-refractivity contribution < 1.29 is 8.78 Å². The molecule has 1 unspecified atom stereocenters. The third-order valence-corrected chi connectivity index (χ3v) is 3.44. The van der Waals surface area contributed by atoms with Gasteiger partial charge in [0.1, 0.15) is 0 Å². The Hall–Kier alpha value is 0.140. The Bertz CT molecular complexity index is 280. The van der Waals surface area contributed by atoms with Gasteiger partial charge in [-0.15, -0.1) is 22.9 Å². The first-order chi connectivity index (χ1) is 5.90. The topological polar surface area (TPSA) is 0 Å². The van der Waals surface area contributed by atoms with Crippen LogP contribution in [-0.2, 0) is 0 Å². The zero-order chi connectivity index (χ0) is 10.1. The van der Waals surface area contributed by atoms with E-state index in [4.69, 9.17) is 23.2 Å². The Kier molecular flexibility index (Phi) is 3.55. The van der Waals surface area contributed by atoms with Crippen LogP contribution in [0.15, 0.2) is 11.4 Å². The van der Waals surface area contributed by atoms with Crippen LogP contribution in [-0.4, -0.2) is 5.92 Å². The number of alkyl halides is 3. The normalized spacial score (nSPS) is 14.5.